The lowest BCUT2D eigenvalue weighted by atomic mass is 10.00. The number of nitriles is 1. The highest BCUT2D eigenvalue weighted by molar-refractivity contribution is 5.73. The average molecular weight is 426 g/mol. The van der Waals surface area contributed by atoms with E-state index in [1.807, 2.05) is 36.4 Å². The Morgan fingerprint density at radius 1 is 1.10 bits per heavy atom. The number of nitrogens with one attached hydrogen (secondary N) is 2. The first kappa shape index (κ1) is 26.2. The Morgan fingerprint density at radius 2 is 1.71 bits per heavy atom. The first-order chi connectivity index (χ1) is 14.7. The molecule has 0 radical (unpaired) electrons. The molecule has 0 aromatic heterocycles. The van der Waals surface area contributed by atoms with Gasteiger partial charge in [-0.15, -0.1) is 0 Å². The number of ether oxygens (including phenoxy) is 1. The van der Waals surface area contributed by atoms with E-state index >= 15 is 0 Å². The smallest absolute Gasteiger partial charge is 0.217 e. The summed E-state index contributed by atoms with van der Waals surface area (Å²) in [5.74, 6) is 1.26. The lowest BCUT2D eigenvalue weighted by Gasteiger charge is -2.24. The van der Waals surface area contributed by atoms with Crippen LogP contribution in [-0.4, -0.2) is 43.4 Å². The molecule has 168 valence electrons. The van der Waals surface area contributed by atoms with Gasteiger partial charge in [0.2, 0.25) is 5.91 Å². The molecular formula is C25H35N3O3. The first-order valence-corrected chi connectivity index (χ1v) is 10.5. The van der Waals surface area contributed by atoms with Crippen LogP contribution in [0.2, 0.25) is 0 Å². The molecule has 2 rings (SSSR count). The van der Waals surface area contributed by atoms with E-state index in [9.17, 15) is 9.90 Å². The zero-order chi connectivity index (χ0) is 23.2. The van der Waals surface area contributed by atoms with Crippen LogP contribution < -0.4 is 15.4 Å². The van der Waals surface area contributed by atoms with Crippen molar-refractivity contribution in [3.05, 3.63) is 65.2 Å². The van der Waals surface area contributed by atoms with Crippen LogP contribution in [0.1, 0.15) is 37.5 Å². The summed E-state index contributed by atoms with van der Waals surface area (Å²) in [5.41, 5.74) is 2.83. The molecule has 31 heavy (non-hydrogen) atoms. The highest BCUT2D eigenvalue weighted by Gasteiger charge is 2.20. The molecule has 1 unspecified atom stereocenters. The zero-order valence-corrected chi connectivity index (χ0v) is 19.2. The predicted octanol–water partition coefficient (Wildman–Crippen LogP) is 3.22. The molecule has 2 aromatic rings. The summed E-state index contributed by atoms with van der Waals surface area (Å²) < 4.78 is 4.97. The third kappa shape index (κ3) is 11.2. The summed E-state index contributed by atoms with van der Waals surface area (Å²) >= 11 is 0. The van der Waals surface area contributed by atoms with Gasteiger partial charge in [-0.05, 0) is 55.6 Å². The molecule has 1 amide bonds. The van der Waals surface area contributed by atoms with Gasteiger partial charge < -0.3 is 20.5 Å². The molecule has 6 heteroatoms. The van der Waals surface area contributed by atoms with Crippen LogP contribution >= 0.6 is 0 Å². The van der Waals surface area contributed by atoms with E-state index in [2.05, 4.69) is 37.5 Å². The molecule has 0 heterocycles. The predicted molar refractivity (Wildman–Crippen MR) is 124 cm³/mol. The van der Waals surface area contributed by atoms with Gasteiger partial charge in [0.25, 0.3) is 0 Å². The van der Waals surface area contributed by atoms with E-state index in [0.29, 0.717) is 24.4 Å². The Bertz CT molecular complexity index is 811. The van der Waals surface area contributed by atoms with Crippen LogP contribution in [0.25, 0.3) is 0 Å². The number of amides is 1. The van der Waals surface area contributed by atoms with Crippen molar-refractivity contribution in [1.29, 1.82) is 5.26 Å². The van der Waals surface area contributed by atoms with Crippen molar-refractivity contribution in [2.45, 2.75) is 46.3 Å². The lowest BCUT2D eigenvalue weighted by molar-refractivity contribution is -0.120. The molecule has 0 fully saturated rings. The fourth-order valence-electron chi connectivity index (χ4n) is 2.85. The minimum atomic E-state index is -0.668. The number of hydrogen-bond donors (Lipinski definition) is 3. The number of aryl methyl sites for hydroxylation is 1. The quantitative estimate of drug-likeness (QED) is 0.573. The molecule has 2 aromatic carbocycles. The van der Waals surface area contributed by atoms with Crippen LogP contribution in [0.5, 0.6) is 5.75 Å². The van der Waals surface area contributed by atoms with Crippen LogP contribution in [0, 0.1) is 24.2 Å². The zero-order valence-electron chi connectivity index (χ0n) is 19.2. The van der Waals surface area contributed by atoms with Gasteiger partial charge in [-0.25, -0.2) is 0 Å². The molecule has 0 aliphatic carbocycles. The number of aliphatic hydroxyl groups is 1. The SMILES string of the molecule is CC(=O)NC(Cc1ccc(C#N)cc1)[C@H](O)CNCC(C)C.COc1ccc(C)cc1. The van der Waals surface area contributed by atoms with E-state index in [-0.39, 0.29) is 11.9 Å². The molecule has 3 N–H and O–H groups in total. The maximum Gasteiger partial charge on any atom is 0.217 e. The number of nitrogens with zero attached hydrogens (tertiary/aromatic N) is 1. The molecular weight excluding hydrogens is 390 g/mol. The maximum atomic E-state index is 11.3. The second kappa shape index (κ2) is 14.2. The van der Waals surface area contributed by atoms with Crippen LogP contribution in [-0.2, 0) is 11.2 Å². The summed E-state index contributed by atoms with van der Waals surface area (Å²) in [6.07, 6.45) is -0.145. The minimum Gasteiger partial charge on any atom is -0.497 e. The van der Waals surface area contributed by atoms with Gasteiger partial charge in [0, 0.05) is 13.5 Å². The monoisotopic (exact) mass is 425 g/mol. The van der Waals surface area contributed by atoms with Crippen LogP contribution in [0.3, 0.4) is 0 Å². The third-order valence-corrected chi connectivity index (χ3v) is 4.55. The Morgan fingerprint density at radius 3 is 2.19 bits per heavy atom. The fourth-order valence-corrected chi connectivity index (χ4v) is 2.85. The number of methoxy groups -OCH3 is 1. The van der Waals surface area contributed by atoms with Crippen molar-refractivity contribution >= 4 is 5.91 Å². The van der Waals surface area contributed by atoms with Gasteiger partial charge in [-0.3, -0.25) is 4.79 Å². The van der Waals surface area contributed by atoms with Crippen molar-refractivity contribution in [3.8, 4) is 11.8 Å². The number of benzene rings is 2. The third-order valence-electron chi connectivity index (χ3n) is 4.55. The van der Waals surface area contributed by atoms with Crippen LogP contribution in [0.4, 0.5) is 0 Å². The fraction of sp³-hybridized carbons (Fsp3) is 0.440. The topological polar surface area (TPSA) is 94.4 Å². The minimum absolute atomic E-state index is 0.165. The number of rotatable bonds is 9. The second-order valence-corrected chi connectivity index (χ2v) is 7.96. The van der Waals surface area contributed by atoms with E-state index in [4.69, 9.17) is 10.00 Å². The Hall–Kier alpha value is -2.88. The molecule has 0 aliphatic rings. The summed E-state index contributed by atoms with van der Waals surface area (Å²) in [7, 11) is 1.67. The largest absolute Gasteiger partial charge is 0.497 e. The molecule has 0 bridgehead atoms. The standard InChI is InChI=1S/C17H25N3O2.C8H10O/c1-12(2)10-19-11-17(22)16(20-13(3)21)8-14-4-6-15(9-18)7-5-14;1-7-3-5-8(9-2)6-4-7/h4-7,12,16-17,19,22H,8,10-11H2,1-3H3,(H,20,21);3-6H,1-2H3/t16?,17-;/m1./s1. The lowest BCUT2D eigenvalue weighted by Crippen LogP contribution is -2.48. The van der Waals surface area contributed by atoms with E-state index in [1.54, 1.807) is 19.2 Å². The van der Waals surface area contributed by atoms with Gasteiger partial charge >= 0.3 is 0 Å². The molecule has 0 spiro atoms. The van der Waals surface area contributed by atoms with Crippen molar-refractivity contribution in [3.63, 3.8) is 0 Å². The Kier molecular flexibility index (Phi) is 12.0. The molecule has 0 aliphatic heterocycles. The van der Waals surface area contributed by atoms with Crippen molar-refractivity contribution in [2.24, 2.45) is 5.92 Å². The van der Waals surface area contributed by atoms with Gasteiger partial charge in [0.1, 0.15) is 5.75 Å². The van der Waals surface area contributed by atoms with Gasteiger partial charge in [0.05, 0.1) is 30.9 Å². The summed E-state index contributed by atoms with van der Waals surface area (Å²) in [4.78, 5) is 11.3. The van der Waals surface area contributed by atoms with E-state index in [0.717, 1.165) is 17.9 Å². The summed E-state index contributed by atoms with van der Waals surface area (Å²) in [5, 5.41) is 25.1. The van der Waals surface area contributed by atoms with Crippen molar-refractivity contribution in [2.75, 3.05) is 20.2 Å². The van der Waals surface area contributed by atoms with Gasteiger partial charge in [-0.2, -0.15) is 5.26 Å². The van der Waals surface area contributed by atoms with Gasteiger partial charge in [-0.1, -0.05) is 43.7 Å². The van der Waals surface area contributed by atoms with Crippen molar-refractivity contribution in [1.82, 2.24) is 10.6 Å². The molecule has 2 atom stereocenters. The van der Waals surface area contributed by atoms with Crippen molar-refractivity contribution < 1.29 is 14.6 Å². The second-order valence-electron chi connectivity index (χ2n) is 7.96. The normalized spacial score (nSPS) is 12.2. The summed E-state index contributed by atoms with van der Waals surface area (Å²) in [6.45, 7) is 8.95. The number of aliphatic hydroxyl groups excluding tert-OH is 1. The van der Waals surface area contributed by atoms with Crippen LogP contribution in [0.15, 0.2) is 48.5 Å². The first-order valence-electron chi connectivity index (χ1n) is 10.5. The average Bonchev–Trinajstić information content (AvgIpc) is 2.74. The van der Waals surface area contributed by atoms with Gasteiger partial charge in [0.15, 0.2) is 0 Å². The van der Waals surface area contributed by atoms with E-state index in [1.165, 1.54) is 12.5 Å². The molecule has 0 saturated carbocycles. The maximum absolute atomic E-state index is 11.3. The highest BCUT2D eigenvalue weighted by atomic mass is 16.5. The molecule has 6 nitrogen and oxygen atoms in total. The Labute approximate surface area is 186 Å². The molecule has 0 saturated heterocycles. The highest BCUT2D eigenvalue weighted by Crippen LogP contribution is 2.10. The Balaban J connectivity index is 0.000000442. The number of hydrogen-bond acceptors (Lipinski definition) is 5. The number of carbonyl (C=O) groups excluding carboxylic acids is 1. The summed E-state index contributed by atoms with van der Waals surface area (Å²) in [6, 6.07) is 16.9. The van der Waals surface area contributed by atoms with E-state index < -0.39 is 6.10 Å². The number of carbonyl (C=O) groups is 1.